The number of rotatable bonds is 5. The van der Waals surface area contributed by atoms with Gasteiger partial charge in [0.1, 0.15) is 17.9 Å². The predicted octanol–water partition coefficient (Wildman–Crippen LogP) is 2.58. The second kappa shape index (κ2) is 7.96. The summed E-state index contributed by atoms with van der Waals surface area (Å²) in [7, 11) is 0. The lowest BCUT2D eigenvalue weighted by Crippen LogP contribution is -2.44. The van der Waals surface area contributed by atoms with Gasteiger partial charge in [-0.1, -0.05) is 18.2 Å². The molecular weight excluding hydrogens is 316 g/mol. The molecule has 1 amide bonds. The molecule has 1 aromatic heterocycles. The maximum Gasteiger partial charge on any atom is 0.260 e. The minimum Gasteiger partial charge on any atom is -0.484 e. The van der Waals surface area contributed by atoms with E-state index in [-0.39, 0.29) is 12.5 Å². The first-order valence-electron chi connectivity index (χ1n) is 8.63. The SMILES string of the molecule is Cc1cc(NC2CCN(C(=O)COc3ccccc3C)CC2)ncn1. The van der Waals surface area contributed by atoms with E-state index in [1.54, 1.807) is 6.33 Å². The van der Waals surface area contributed by atoms with E-state index < -0.39 is 0 Å². The molecule has 0 spiro atoms. The third kappa shape index (κ3) is 4.68. The molecule has 132 valence electrons. The second-order valence-corrected chi connectivity index (χ2v) is 6.40. The lowest BCUT2D eigenvalue weighted by Gasteiger charge is -2.32. The molecule has 2 aromatic rings. The van der Waals surface area contributed by atoms with Crippen molar-refractivity contribution in [2.24, 2.45) is 0 Å². The highest BCUT2D eigenvalue weighted by molar-refractivity contribution is 5.78. The van der Waals surface area contributed by atoms with Gasteiger partial charge in [-0.25, -0.2) is 9.97 Å². The van der Waals surface area contributed by atoms with Crippen LogP contribution in [0, 0.1) is 13.8 Å². The zero-order valence-electron chi connectivity index (χ0n) is 14.7. The Hall–Kier alpha value is -2.63. The summed E-state index contributed by atoms with van der Waals surface area (Å²) in [5, 5.41) is 3.43. The number of aryl methyl sites for hydroxylation is 2. The molecule has 0 unspecified atom stereocenters. The van der Waals surface area contributed by atoms with E-state index in [2.05, 4.69) is 15.3 Å². The van der Waals surface area contributed by atoms with Gasteiger partial charge in [0.25, 0.3) is 5.91 Å². The summed E-state index contributed by atoms with van der Waals surface area (Å²) in [5.74, 6) is 1.66. The summed E-state index contributed by atoms with van der Waals surface area (Å²) in [6.07, 6.45) is 3.37. The van der Waals surface area contributed by atoms with Crippen LogP contribution >= 0.6 is 0 Å². The van der Waals surface area contributed by atoms with E-state index >= 15 is 0 Å². The Morgan fingerprint density at radius 2 is 2.00 bits per heavy atom. The van der Waals surface area contributed by atoms with Gasteiger partial charge in [0, 0.05) is 30.9 Å². The van der Waals surface area contributed by atoms with Crippen LogP contribution in [0.25, 0.3) is 0 Å². The Morgan fingerprint density at radius 1 is 1.24 bits per heavy atom. The van der Waals surface area contributed by atoms with Crippen molar-refractivity contribution in [3.8, 4) is 5.75 Å². The quantitative estimate of drug-likeness (QED) is 0.906. The van der Waals surface area contributed by atoms with E-state index in [1.807, 2.05) is 49.1 Å². The number of anilines is 1. The van der Waals surface area contributed by atoms with E-state index in [4.69, 9.17) is 4.74 Å². The van der Waals surface area contributed by atoms with Gasteiger partial charge in [0.15, 0.2) is 6.61 Å². The monoisotopic (exact) mass is 340 g/mol. The fourth-order valence-corrected chi connectivity index (χ4v) is 2.96. The van der Waals surface area contributed by atoms with Crippen molar-refractivity contribution in [3.63, 3.8) is 0 Å². The molecule has 1 aromatic carbocycles. The number of nitrogens with one attached hydrogen (secondary N) is 1. The molecule has 1 N–H and O–H groups in total. The van der Waals surface area contributed by atoms with Gasteiger partial charge in [-0.3, -0.25) is 4.79 Å². The first-order valence-corrected chi connectivity index (χ1v) is 8.63. The summed E-state index contributed by atoms with van der Waals surface area (Å²) < 4.78 is 5.66. The second-order valence-electron chi connectivity index (χ2n) is 6.40. The van der Waals surface area contributed by atoms with Crippen molar-refractivity contribution in [3.05, 3.63) is 47.9 Å². The van der Waals surface area contributed by atoms with Gasteiger partial charge in [0.2, 0.25) is 0 Å². The minimum absolute atomic E-state index is 0.0413. The zero-order valence-corrected chi connectivity index (χ0v) is 14.7. The normalized spacial score (nSPS) is 15.0. The summed E-state index contributed by atoms with van der Waals surface area (Å²) in [6.45, 7) is 5.48. The van der Waals surface area contributed by atoms with Crippen LogP contribution in [0.15, 0.2) is 36.7 Å². The maximum absolute atomic E-state index is 12.4. The van der Waals surface area contributed by atoms with Crippen LogP contribution in [-0.2, 0) is 4.79 Å². The predicted molar refractivity (Wildman–Crippen MR) is 96.7 cm³/mol. The van der Waals surface area contributed by atoms with E-state index in [9.17, 15) is 4.79 Å². The highest BCUT2D eigenvalue weighted by atomic mass is 16.5. The van der Waals surface area contributed by atoms with Gasteiger partial charge in [-0.2, -0.15) is 0 Å². The fraction of sp³-hybridized carbons (Fsp3) is 0.421. The molecule has 0 atom stereocenters. The number of likely N-dealkylation sites (tertiary alicyclic amines) is 1. The number of ether oxygens (including phenoxy) is 1. The fourth-order valence-electron chi connectivity index (χ4n) is 2.96. The minimum atomic E-state index is 0.0413. The third-order valence-corrected chi connectivity index (χ3v) is 4.45. The third-order valence-electron chi connectivity index (χ3n) is 4.45. The van der Waals surface area contributed by atoms with Crippen LogP contribution in [0.2, 0.25) is 0 Å². The van der Waals surface area contributed by atoms with Crippen LogP contribution in [0.1, 0.15) is 24.1 Å². The number of aromatic nitrogens is 2. The molecule has 1 fully saturated rings. The van der Waals surface area contributed by atoms with Crippen molar-refractivity contribution < 1.29 is 9.53 Å². The smallest absolute Gasteiger partial charge is 0.260 e. The van der Waals surface area contributed by atoms with Crippen LogP contribution in [0.3, 0.4) is 0 Å². The number of carbonyl (C=O) groups is 1. The Balaban J connectivity index is 1.45. The summed E-state index contributed by atoms with van der Waals surface area (Å²) in [6, 6.07) is 10.0. The molecule has 0 saturated carbocycles. The van der Waals surface area contributed by atoms with Crippen LogP contribution in [-0.4, -0.2) is 46.5 Å². The van der Waals surface area contributed by atoms with Crippen molar-refractivity contribution in [2.45, 2.75) is 32.7 Å². The molecule has 0 radical (unpaired) electrons. The average Bonchev–Trinajstić information content (AvgIpc) is 2.61. The molecular formula is C19H24N4O2. The standard InChI is InChI=1S/C19H24N4O2/c1-14-5-3-4-6-17(14)25-12-19(24)23-9-7-16(8-10-23)22-18-11-15(2)20-13-21-18/h3-6,11,13,16H,7-10,12H2,1-2H3,(H,20,21,22). The number of carbonyl (C=O) groups excluding carboxylic acids is 1. The number of benzene rings is 1. The molecule has 25 heavy (non-hydrogen) atoms. The summed E-state index contributed by atoms with van der Waals surface area (Å²) in [4.78, 5) is 22.6. The number of nitrogens with zero attached hydrogens (tertiary/aromatic N) is 3. The molecule has 6 heteroatoms. The Bertz CT molecular complexity index is 727. The number of hydrogen-bond acceptors (Lipinski definition) is 5. The summed E-state index contributed by atoms with van der Waals surface area (Å²) in [5.41, 5.74) is 1.98. The number of para-hydroxylation sites is 1. The van der Waals surface area contributed by atoms with Crippen LogP contribution in [0.5, 0.6) is 5.75 Å². The highest BCUT2D eigenvalue weighted by Crippen LogP contribution is 2.18. The summed E-state index contributed by atoms with van der Waals surface area (Å²) >= 11 is 0. The number of hydrogen-bond donors (Lipinski definition) is 1. The molecule has 3 rings (SSSR count). The first-order chi connectivity index (χ1) is 12.1. The van der Waals surface area contributed by atoms with Gasteiger partial charge >= 0.3 is 0 Å². The van der Waals surface area contributed by atoms with Crippen molar-refractivity contribution in [1.29, 1.82) is 0 Å². The van der Waals surface area contributed by atoms with Crippen molar-refractivity contribution in [1.82, 2.24) is 14.9 Å². The molecule has 6 nitrogen and oxygen atoms in total. The van der Waals surface area contributed by atoms with Gasteiger partial charge in [0.05, 0.1) is 0 Å². The van der Waals surface area contributed by atoms with E-state index in [1.165, 1.54) is 0 Å². The molecule has 0 aliphatic carbocycles. The topological polar surface area (TPSA) is 67.4 Å². The van der Waals surface area contributed by atoms with E-state index in [0.717, 1.165) is 48.8 Å². The van der Waals surface area contributed by atoms with Crippen molar-refractivity contribution >= 4 is 11.7 Å². The maximum atomic E-state index is 12.4. The molecule has 1 aliphatic heterocycles. The van der Waals surface area contributed by atoms with Crippen molar-refractivity contribution in [2.75, 3.05) is 25.0 Å². The number of piperidine rings is 1. The largest absolute Gasteiger partial charge is 0.484 e. The Kier molecular flexibility index (Phi) is 5.48. The molecule has 1 saturated heterocycles. The molecule has 1 aliphatic rings. The lowest BCUT2D eigenvalue weighted by molar-refractivity contribution is -0.134. The lowest BCUT2D eigenvalue weighted by atomic mass is 10.1. The van der Waals surface area contributed by atoms with Gasteiger partial charge in [-0.15, -0.1) is 0 Å². The molecule has 2 heterocycles. The van der Waals surface area contributed by atoms with Gasteiger partial charge in [-0.05, 0) is 38.3 Å². The van der Waals surface area contributed by atoms with Crippen LogP contribution < -0.4 is 10.1 Å². The zero-order chi connectivity index (χ0) is 17.6. The van der Waals surface area contributed by atoms with Gasteiger partial charge < -0.3 is 15.0 Å². The molecule has 0 bridgehead atoms. The van der Waals surface area contributed by atoms with E-state index in [0.29, 0.717) is 6.04 Å². The first kappa shape index (κ1) is 17.2. The number of amides is 1. The Labute approximate surface area is 148 Å². The highest BCUT2D eigenvalue weighted by Gasteiger charge is 2.23. The average molecular weight is 340 g/mol. The van der Waals surface area contributed by atoms with Crippen LogP contribution in [0.4, 0.5) is 5.82 Å². The Morgan fingerprint density at radius 3 is 2.72 bits per heavy atom.